The lowest BCUT2D eigenvalue weighted by molar-refractivity contribution is 0.117. The molecule has 1 unspecified atom stereocenters. The van der Waals surface area contributed by atoms with Crippen LogP contribution in [-0.2, 0) is 0 Å². The van der Waals surface area contributed by atoms with Crippen molar-refractivity contribution in [3.8, 4) is 5.75 Å². The van der Waals surface area contributed by atoms with Crippen molar-refractivity contribution in [2.75, 3.05) is 18.5 Å². The Labute approximate surface area is 134 Å². The summed E-state index contributed by atoms with van der Waals surface area (Å²) < 4.78 is 5.52. The van der Waals surface area contributed by atoms with Gasteiger partial charge in [-0.05, 0) is 37.3 Å². The molecule has 0 fully saturated rings. The number of ether oxygens (including phenoxy) is 1. The number of aryl methyl sites for hydroxylation is 1. The SMILES string of the molecule is Cc1ccc(OCC(O)CNc2cc(Cl)ccc2Cl)cc1. The van der Waals surface area contributed by atoms with E-state index in [1.54, 1.807) is 18.2 Å². The average molecular weight is 326 g/mol. The lowest BCUT2D eigenvalue weighted by Gasteiger charge is -2.15. The van der Waals surface area contributed by atoms with Crippen LogP contribution in [0.3, 0.4) is 0 Å². The minimum absolute atomic E-state index is 0.203. The topological polar surface area (TPSA) is 41.5 Å². The van der Waals surface area contributed by atoms with Crippen LogP contribution in [0.25, 0.3) is 0 Å². The summed E-state index contributed by atoms with van der Waals surface area (Å²) in [6, 6.07) is 12.8. The minimum atomic E-state index is -0.652. The van der Waals surface area contributed by atoms with Gasteiger partial charge >= 0.3 is 0 Å². The van der Waals surface area contributed by atoms with Crippen molar-refractivity contribution in [2.45, 2.75) is 13.0 Å². The quantitative estimate of drug-likeness (QED) is 0.838. The van der Waals surface area contributed by atoms with Crippen molar-refractivity contribution in [2.24, 2.45) is 0 Å². The maximum absolute atomic E-state index is 9.92. The van der Waals surface area contributed by atoms with E-state index in [4.69, 9.17) is 27.9 Å². The van der Waals surface area contributed by atoms with Crippen molar-refractivity contribution < 1.29 is 9.84 Å². The summed E-state index contributed by atoms with van der Waals surface area (Å²) in [7, 11) is 0. The van der Waals surface area contributed by atoms with Gasteiger partial charge in [-0.15, -0.1) is 0 Å². The highest BCUT2D eigenvalue weighted by Crippen LogP contribution is 2.25. The zero-order valence-electron chi connectivity index (χ0n) is 11.6. The molecule has 2 rings (SSSR count). The number of benzene rings is 2. The standard InChI is InChI=1S/C16H17Cl2NO2/c1-11-2-5-14(6-3-11)21-10-13(20)9-19-16-8-12(17)4-7-15(16)18/h2-8,13,19-20H,9-10H2,1H3. The Balaban J connectivity index is 1.80. The highest BCUT2D eigenvalue weighted by molar-refractivity contribution is 6.35. The molecule has 0 heterocycles. The summed E-state index contributed by atoms with van der Waals surface area (Å²) in [5.74, 6) is 0.737. The van der Waals surface area contributed by atoms with Gasteiger partial charge in [-0.2, -0.15) is 0 Å². The molecule has 0 aromatic heterocycles. The van der Waals surface area contributed by atoms with E-state index in [0.717, 1.165) is 5.75 Å². The van der Waals surface area contributed by atoms with E-state index < -0.39 is 6.10 Å². The molecule has 0 spiro atoms. The fraction of sp³-hybridized carbons (Fsp3) is 0.250. The molecular formula is C16H17Cl2NO2. The Morgan fingerprint density at radius 1 is 1.14 bits per heavy atom. The lowest BCUT2D eigenvalue weighted by Crippen LogP contribution is -2.26. The van der Waals surface area contributed by atoms with E-state index in [2.05, 4.69) is 5.32 Å². The largest absolute Gasteiger partial charge is 0.491 e. The molecule has 2 aromatic carbocycles. The van der Waals surface area contributed by atoms with Gasteiger partial charge in [-0.3, -0.25) is 0 Å². The second-order valence-electron chi connectivity index (χ2n) is 4.78. The summed E-state index contributed by atoms with van der Waals surface area (Å²) in [6.45, 7) is 2.54. The molecule has 0 saturated carbocycles. The van der Waals surface area contributed by atoms with E-state index in [0.29, 0.717) is 22.3 Å². The molecule has 1 atom stereocenters. The molecular weight excluding hydrogens is 309 g/mol. The van der Waals surface area contributed by atoms with Crippen LogP contribution in [0.1, 0.15) is 5.56 Å². The van der Waals surface area contributed by atoms with Gasteiger partial charge in [0.1, 0.15) is 18.5 Å². The van der Waals surface area contributed by atoms with Gasteiger partial charge in [-0.25, -0.2) is 0 Å². The normalized spacial score (nSPS) is 12.0. The molecule has 21 heavy (non-hydrogen) atoms. The second-order valence-corrected chi connectivity index (χ2v) is 5.63. The lowest BCUT2D eigenvalue weighted by atomic mass is 10.2. The molecule has 5 heteroatoms. The fourth-order valence-corrected chi connectivity index (χ4v) is 2.10. The van der Waals surface area contributed by atoms with E-state index in [1.807, 2.05) is 31.2 Å². The van der Waals surface area contributed by atoms with Gasteiger partial charge in [-0.1, -0.05) is 40.9 Å². The average Bonchev–Trinajstić information content (AvgIpc) is 2.47. The Bertz CT molecular complexity index is 587. The summed E-state index contributed by atoms with van der Waals surface area (Å²) in [5.41, 5.74) is 1.86. The number of hydrogen-bond acceptors (Lipinski definition) is 3. The molecule has 0 amide bonds. The fourth-order valence-electron chi connectivity index (χ4n) is 1.75. The first-order chi connectivity index (χ1) is 10.0. The molecule has 0 aliphatic rings. The number of halogens is 2. The maximum Gasteiger partial charge on any atom is 0.119 e. The molecule has 2 aromatic rings. The second kappa shape index (κ2) is 7.55. The van der Waals surface area contributed by atoms with Gasteiger partial charge < -0.3 is 15.2 Å². The molecule has 112 valence electrons. The summed E-state index contributed by atoms with van der Waals surface area (Å²) in [5, 5.41) is 14.1. The number of aliphatic hydroxyl groups excluding tert-OH is 1. The van der Waals surface area contributed by atoms with Crippen LogP contribution >= 0.6 is 23.2 Å². The van der Waals surface area contributed by atoms with Crippen LogP contribution in [-0.4, -0.2) is 24.4 Å². The first kappa shape index (κ1) is 16.0. The van der Waals surface area contributed by atoms with Crippen molar-refractivity contribution in [3.05, 3.63) is 58.1 Å². The summed E-state index contributed by atoms with van der Waals surface area (Å²) >= 11 is 11.9. The van der Waals surface area contributed by atoms with Crippen molar-refractivity contribution in [1.29, 1.82) is 0 Å². The van der Waals surface area contributed by atoms with E-state index in [-0.39, 0.29) is 6.61 Å². The van der Waals surface area contributed by atoms with Crippen LogP contribution in [0, 0.1) is 6.92 Å². The van der Waals surface area contributed by atoms with E-state index in [9.17, 15) is 5.11 Å². The number of aliphatic hydroxyl groups is 1. The molecule has 0 aliphatic carbocycles. The summed E-state index contributed by atoms with van der Waals surface area (Å²) in [6.07, 6.45) is -0.652. The molecule has 0 bridgehead atoms. The zero-order valence-corrected chi connectivity index (χ0v) is 13.2. The maximum atomic E-state index is 9.92. The monoisotopic (exact) mass is 325 g/mol. The van der Waals surface area contributed by atoms with Crippen molar-refractivity contribution >= 4 is 28.9 Å². The van der Waals surface area contributed by atoms with Crippen molar-refractivity contribution in [3.63, 3.8) is 0 Å². The van der Waals surface area contributed by atoms with Crippen LogP contribution in [0.15, 0.2) is 42.5 Å². The van der Waals surface area contributed by atoms with Crippen LogP contribution < -0.4 is 10.1 Å². The number of rotatable bonds is 6. The first-order valence-electron chi connectivity index (χ1n) is 6.61. The molecule has 2 N–H and O–H groups in total. The van der Waals surface area contributed by atoms with Gasteiger partial charge in [0.15, 0.2) is 0 Å². The van der Waals surface area contributed by atoms with Gasteiger partial charge in [0.25, 0.3) is 0 Å². The van der Waals surface area contributed by atoms with Crippen LogP contribution in [0.4, 0.5) is 5.69 Å². The highest BCUT2D eigenvalue weighted by Gasteiger charge is 2.07. The predicted octanol–water partition coefficient (Wildman–Crippen LogP) is 4.15. The molecule has 3 nitrogen and oxygen atoms in total. The third-order valence-electron chi connectivity index (χ3n) is 2.92. The number of hydrogen-bond donors (Lipinski definition) is 2. The third-order valence-corrected chi connectivity index (χ3v) is 3.48. The Hall–Kier alpha value is -1.42. The number of nitrogens with one attached hydrogen (secondary N) is 1. The zero-order chi connectivity index (χ0) is 15.2. The van der Waals surface area contributed by atoms with Gasteiger partial charge in [0.05, 0.1) is 10.7 Å². The van der Waals surface area contributed by atoms with Crippen LogP contribution in [0.5, 0.6) is 5.75 Å². The summed E-state index contributed by atoms with van der Waals surface area (Å²) in [4.78, 5) is 0. The van der Waals surface area contributed by atoms with Crippen LogP contribution in [0.2, 0.25) is 10.0 Å². The molecule has 0 aliphatic heterocycles. The minimum Gasteiger partial charge on any atom is -0.491 e. The highest BCUT2D eigenvalue weighted by atomic mass is 35.5. The van der Waals surface area contributed by atoms with E-state index in [1.165, 1.54) is 5.56 Å². The van der Waals surface area contributed by atoms with E-state index >= 15 is 0 Å². The Kier molecular flexibility index (Phi) is 5.74. The molecule has 0 saturated heterocycles. The third kappa shape index (κ3) is 5.12. The van der Waals surface area contributed by atoms with Crippen molar-refractivity contribution in [1.82, 2.24) is 0 Å². The Morgan fingerprint density at radius 3 is 2.57 bits per heavy atom. The van der Waals surface area contributed by atoms with Gasteiger partial charge in [0, 0.05) is 11.6 Å². The Morgan fingerprint density at radius 2 is 1.86 bits per heavy atom. The number of anilines is 1. The van der Waals surface area contributed by atoms with Gasteiger partial charge in [0.2, 0.25) is 0 Å². The predicted molar refractivity (Wildman–Crippen MR) is 87.6 cm³/mol. The first-order valence-corrected chi connectivity index (χ1v) is 7.36. The smallest absolute Gasteiger partial charge is 0.119 e. The molecule has 0 radical (unpaired) electrons.